The van der Waals surface area contributed by atoms with E-state index in [2.05, 4.69) is 30.8 Å². The number of para-hydroxylation sites is 1. The van der Waals surface area contributed by atoms with Gasteiger partial charge in [0.2, 0.25) is 5.88 Å². The summed E-state index contributed by atoms with van der Waals surface area (Å²) in [5.74, 6) is 0.336. The van der Waals surface area contributed by atoms with Gasteiger partial charge in [0.1, 0.15) is 0 Å². The maximum Gasteiger partial charge on any atom is 0.325 e. The number of aromatic nitrogens is 2. The zero-order chi connectivity index (χ0) is 23.4. The molecule has 0 radical (unpaired) electrons. The third-order valence-corrected chi connectivity index (χ3v) is 6.08. The number of anilines is 3. The van der Waals surface area contributed by atoms with E-state index in [4.69, 9.17) is 4.74 Å². The Balaban J connectivity index is 1.42. The summed E-state index contributed by atoms with van der Waals surface area (Å²) in [5.41, 5.74) is 2.86. The van der Waals surface area contributed by atoms with Crippen LogP contribution in [0.2, 0.25) is 0 Å². The van der Waals surface area contributed by atoms with E-state index in [1.54, 1.807) is 37.6 Å². The SMILES string of the molecule is COc1cc(N2CCc3nc(NC(=O)Nc4ccccc4C(=O)NC(C)C)sc3C2)ccn1. The molecule has 3 aromatic rings. The summed E-state index contributed by atoms with van der Waals surface area (Å²) in [6, 6.07) is 10.3. The second-order valence-electron chi connectivity index (χ2n) is 7.87. The zero-order valence-electron chi connectivity index (χ0n) is 18.7. The van der Waals surface area contributed by atoms with Gasteiger partial charge < -0.3 is 20.3 Å². The predicted molar refractivity (Wildman–Crippen MR) is 129 cm³/mol. The summed E-state index contributed by atoms with van der Waals surface area (Å²) in [4.78, 5) is 37.1. The van der Waals surface area contributed by atoms with Crippen LogP contribution in [0.4, 0.5) is 21.3 Å². The van der Waals surface area contributed by atoms with Gasteiger partial charge in [-0.05, 0) is 32.0 Å². The number of nitrogens with zero attached hydrogens (tertiary/aromatic N) is 3. The third-order valence-electron chi connectivity index (χ3n) is 5.08. The van der Waals surface area contributed by atoms with Crippen LogP contribution in [0.1, 0.15) is 34.8 Å². The predicted octanol–water partition coefficient (Wildman–Crippen LogP) is 3.89. The molecule has 3 N–H and O–H groups in total. The maximum absolute atomic E-state index is 12.6. The maximum atomic E-state index is 12.6. The van der Waals surface area contributed by atoms with Crippen LogP contribution in [0, 0.1) is 0 Å². The number of urea groups is 1. The number of methoxy groups -OCH3 is 1. The Kier molecular flexibility index (Phi) is 6.74. The Morgan fingerprint density at radius 2 is 2.00 bits per heavy atom. The molecule has 3 heterocycles. The lowest BCUT2D eigenvalue weighted by molar-refractivity contribution is 0.0944. The summed E-state index contributed by atoms with van der Waals surface area (Å²) in [5, 5.41) is 8.94. The number of hydrogen-bond acceptors (Lipinski definition) is 7. The molecular formula is C23H26N6O3S. The summed E-state index contributed by atoms with van der Waals surface area (Å²) >= 11 is 1.45. The molecule has 0 saturated carbocycles. The van der Waals surface area contributed by atoms with Crippen molar-refractivity contribution in [3.63, 3.8) is 0 Å². The Labute approximate surface area is 196 Å². The van der Waals surface area contributed by atoms with Crippen molar-refractivity contribution in [1.82, 2.24) is 15.3 Å². The van der Waals surface area contributed by atoms with E-state index in [0.717, 1.165) is 29.2 Å². The Morgan fingerprint density at radius 1 is 1.18 bits per heavy atom. The second kappa shape index (κ2) is 9.86. The average molecular weight is 467 g/mol. The van der Waals surface area contributed by atoms with Crippen LogP contribution in [0.3, 0.4) is 0 Å². The standard InChI is InChI=1S/C23H26N6O3S/c1-14(2)25-21(30)16-6-4-5-7-17(16)26-22(31)28-23-27-18-9-11-29(13-19(18)33-23)15-8-10-24-20(12-15)32-3/h4-8,10,12,14H,9,11,13H2,1-3H3,(H,25,30)(H2,26,27,28,31). The summed E-state index contributed by atoms with van der Waals surface area (Å²) in [7, 11) is 1.60. The highest BCUT2D eigenvalue weighted by Crippen LogP contribution is 2.31. The first-order valence-electron chi connectivity index (χ1n) is 10.6. The first-order valence-corrected chi connectivity index (χ1v) is 11.5. The fourth-order valence-electron chi connectivity index (χ4n) is 3.56. The molecule has 4 rings (SSSR count). The van der Waals surface area contributed by atoms with Crippen molar-refractivity contribution in [2.75, 3.05) is 29.2 Å². The van der Waals surface area contributed by atoms with Gasteiger partial charge in [0.05, 0.1) is 30.6 Å². The van der Waals surface area contributed by atoms with Gasteiger partial charge in [-0.3, -0.25) is 10.1 Å². The Morgan fingerprint density at radius 3 is 2.79 bits per heavy atom. The van der Waals surface area contributed by atoms with E-state index in [9.17, 15) is 9.59 Å². The normalized spacial score (nSPS) is 12.8. The highest BCUT2D eigenvalue weighted by molar-refractivity contribution is 7.15. The molecule has 0 aliphatic carbocycles. The smallest absolute Gasteiger partial charge is 0.325 e. The van der Waals surface area contributed by atoms with Crippen molar-refractivity contribution in [2.45, 2.75) is 32.9 Å². The number of nitrogens with one attached hydrogen (secondary N) is 3. The molecular weight excluding hydrogens is 440 g/mol. The first-order chi connectivity index (χ1) is 15.9. The first kappa shape index (κ1) is 22.5. The molecule has 0 atom stereocenters. The molecule has 1 aliphatic heterocycles. The minimum Gasteiger partial charge on any atom is -0.481 e. The largest absolute Gasteiger partial charge is 0.481 e. The van der Waals surface area contributed by atoms with E-state index in [0.29, 0.717) is 28.8 Å². The third kappa shape index (κ3) is 5.40. The van der Waals surface area contributed by atoms with Crippen molar-refractivity contribution in [1.29, 1.82) is 0 Å². The number of thiazole rings is 1. The zero-order valence-corrected chi connectivity index (χ0v) is 19.5. The number of carbonyl (C=O) groups excluding carboxylic acids is 2. The Hall–Kier alpha value is -3.66. The van der Waals surface area contributed by atoms with Crippen LogP contribution in [0.25, 0.3) is 0 Å². The van der Waals surface area contributed by atoms with Crippen molar-refractivity contribution < 1.29 is 14.3 Å². The van der Waals surface area contributed by atoms with E-state index < -0.39 is 6.03 Å². The van der Waals surface area contributed by atoms with Crippen LogP contribution in [-0.4, -0.2) is 41.6 Å². The molecule has 0 bridgehead atoms. The number of amides is 3. The van der Waals surface area contributed by atoms with Gasteiger partial charge in [-0.2, -0.15) is 0 Å². The molecule has 2 aromatic heterocycles. The average Bonchev–Trinajstić information content (AvgIpc) is 3.20. The van der Waals surface area contributed by atoms with Crippen LogP contribution in [0.5, 0.6) is 5.88 Å². The van der Waals surface area contributed by atoms with Gasteiger partial charge in [0.25, 0.3) is 5.91 Å². The molecule has 3 amide bonds. The topological polar surface area (TPSA) is 108 Å². The quantitative estimate of drug-likeness (QED) is 0.509. The number of carbonyl (C=O) groups is 2. The highest BCUT2D eigenvalue weighted by atomic mass is 32.1. The number of ether oxygens (including phenoxy) is 1. The Bertz CT molecular complexity index is 1160. The van der Waals surface area contributed by atoms with Crippen LogP contribution in [-0.2, 0) is 13.0 Å². The summed E-state index contributed by atoms with van der Waals surface area (Å²) < 4.78 is 5.23. The molecule has 0 spiro atoms. The lowest BCUT2D eigenvalue weighted by Gasteiger charge is -2.28. The molecule has 0 unspecified atom stereocenters. The van der Waals surface area contributed by atoms with Gasteiger partial charge in [0.15, 0.2) is 5.13 Å². The van der Waals surface area contributed by atoms with Gasteiger partial charge in [0, 0.05) is 41.8 Å². The monoisotopic (exact) mass is 466 g/mol. The molecule has 172 valence electrons. The number of pyridine rings is 1. The van der Waals surface area contributed by atoms with Crippen molar-refractivity contribution >= 4 is 39.8 Å². The molecule has 1 aliphatic rings. The summed E-state index contributed by atoms with van der Waals surface area (Å²) in [6.45, 7) is 5.28. The molecule has 0 saturated heterocycles. The summed E-state index contributed by atoms with van der Waals surface area (Å²) in [6.07, 6.45) is 2.50. The van der Waals surface area contributed by atoms with Gasteiger partial charge >= 0.3 is 6.03 Å². The number of fused-ring (bicyclic) bond motifs is 1. The second-order valence-corrected chi connectivity index (χ2v) is 8.95. The fraction of sp³-hybridized carbons (Fsp3) is 0.304. The van der Waals surface area contributed by atoms with Crippen LogP contribution >= 0.6 is 11.3 Å². The molecule has 0 fully saturated rings. The van der Waals surface area contributed by atoms with Gasteiger partial charge in [-0.25, -0.2) is 14.8 Å². The number of rotatable bonds is 6. The molecule has 10 heteroatoms. The minimum absolute atomic E-state index is 0.00572. The van der Waals surface area contributed by atoms with Gasteiger partial charge in [-0.15, -0.1) is 0 Å². The molecule has 1 aromatic carbocycles. The van der Waals surface area contributed by atoms with Crippen LogP contribution < -0.4 is 25.6 Å². The van der Waals surface area contributed by atoms with Crippen molar-refractivity contribution in [2.24, 2.45) is 0 Å². The lowest BCUT2D eigenvalue weighted by Crippen LogP contribution is -2.31. The van der Waals surface area contributed by atoms with Gasteiger partial charge in [-0.1, -0.05) is 23.5 Å². The number of hydrogen-bond donors (Lipinski definition) is 3. The minimum atomic E-state index is -0.443. The van der Waals surface area contributed by atoms with E-state index in [1.165, 1.54) is 11.3 Å². The van der Waals surface area contributed by atoms with Crippen LogP contribution in [0.15, 0.2) is 42.6 Å². The van der Waals surface area contributed by atoms with E-state index in [-0.39, 0.29) is 11.9 Å². The number of benzene rings is 1. The highest BCUT2D eigenvalue weighted by Gasteiger charge is 2.22. The fourth-order valence-corrected chi connectivity index (χ4v) is 4.58. The van der Waals surface area contributed by atoms with Crippen molar-refractivity contribution in [3.8, 4) is 5.88 Å². The molecule has 33 heavy (non-hydrogen) atoms. The van der Waals surface area contributed by atoms with Crippen molar-refractivity contribution in [3.05, 3.63) is 58.7 Å². The van der Waals surface area contributed by atoms with E-state index in [1.807, 2.05) is 26.0 Å². The lowest BCUT2D eigenvalue weighted by atomic mass is 10.1. The molecule has 9 nitrogen and oxygen atoms in total. The van der Waals surface area contributed by atoms with E-state index >= 15 is 0 Å².